The first-order valence-electron chi connectivity index (χ1n) is 8.88. The summed E-state index contributed by atoms with van der Waals surface area (Å²) in [6.45, 7) is 0. The first-order valence-corrected chi connectivity index (χ1v) is 8.88. The average Bonchev–Trinajstić information content (AvgIpc) is 2.65. The molecule has 1 fully saturated rings. The van der Waals surface area contributed by atoms with Crippen molar-refractivity contribution >= 4 is 11.8 Å². The number of nitrogens with zero attached hydrogens (tertiary/aromatic N) is 1. The highest BCUT2D eigenvalue weighted by Crippen LogP contribution is 2.26. The molecule has 2 amide bonds. The molecule has 1 aliphatic rings. The number of carbonyl (C=O) groups excluding carboxylic acids is 2. The standard InChI is InChI=1S/C19H28N2O3/c1-21(19(23)16-12-6-3-7-13-16)17(18(22)20-24)14-8-11-15-9-4-2-5-10-15/h2,4-5,9-10,16-17,24H,3,6-8,11-14H2,1H3,(H,20,22). The zero-order valence-electron chi connectivity index (χ0n) is 14.4. The van der Waals surface area contributed by atoms with Gasteiger partial charge in [-0.05, 0) is 37.7 Å². The van der Waals surface area contributed by atoms with Gasteiger partial charge in [0.1, 0.15) is 6.04 Å². The molecule has 0 spiro atoms. The molecule has 24 heavy (non-hydrogen) atoms. The number of hydrogen-bond acceptors (Lipinski definition) is 3. The van der Waals surface area contributed by atoms with Crippen molar-refractivity contribution in [2.45, 2.75) is 57.4 Å². The number of aryl methyl sites for hydroxylation is 1. The summed E-state index contributed by atoms with van der Waals surface area (Å²) in [5.74, 6) is -0.454. The molecule has 0 aliphatic heterocycles. The van der Waals surface area contributed by atoms with Crippen LogP contribution in [0.1, 0.15) is 50.5 Å². The van der Waals surface area contributed by atoms with Crippen LogP contribution < -0.4 is 5.48 Å². The number of nitrogens with one attached hydrogen (secondary N) is 1. The van der Waals surface area contributed by atoms with Gasteiger partial charge in [0.15, 0.2) is 0 Å². The van der Waals surface area contributed by atoms with E-state index in [1.807, 2.05) is 18.2 Å². The maximum atomic E-state index is 12.7. The summed E-state index contributed by atoms with van der Waals surface area (Å²) in [5, 5.41) is 9.03. The second-order valence-electron chi connectivity index (χ2n) is 6.65. The highest BCUT2D eigenvalue weighted by atomic mass is 16.5. The summed E-state index contributed by atoms with van der Waals surface area (Å²) in [6, 6.07) is 9.45. The largest absolute Gasteiger partial charge is 0.333 e. The molecule has 0 saturated heterocycles. The number of hydrogen-bond donors (Lipinski definition) is 2. The molecule has 0 radical (unpaired) electrons. The van der Waals surface area contributed by atoms with Crippen LogP contribution in [0.3, 0.4) is 0 Å². The normalized spacial score (nSPS) is 16.4. The molecule has 1 aromatic carbocycles. The fourth-order valence-corrected chi connectivity index (χ4v) is 3.51. The summed E-state index contributed by atoms with van der Waals surface area (Å²) in [7, 11) is 1.68. The van der Waals surface area contributed by atoms with Crippen molar-refractivity contribution in [1.82, 2.24) is 10.4 Å². The van der Waals surface area contributed by atoms with Gasteiger partial charge in [0.2, 0.25) is 5.91 Å². The minimum absolute atomic E-state index is 0.0202. The Balaban J connectivity index is 1.93. The van der Waals surface area contributed by atoms with E-state index in [1.165, 1.54) is 16.9 Å². The number of hydroxylamine groups is 1. The maximum Gasteiger partial charge on any atom is 0.266 e. The molecule has 2 N–H and O–H groups in total. The van der Waals surface area contributed by atoms with Crippen molar-refractivity contribution in [3.8, 4) is 0 Å². The molecular weight excluding hydrogens is 304 g/mol. The third kappa shape index (κ3) is 5.06. The van der Waals surface area contributed by atoms with Gasteiger partial charge >= 0.3 is 0 Å². The minimum atomic E-state index is -0.617. The predicted octanol–water partition coefficient (Wildman–Crippen LogP) is 2.92. The molecule has 1 unspecified atom stereocenters. The molecule has 0 heterocycles. The van der Waals surface area contributed by atoms with Crippen LogP contribution >= 0.6 is 0 Å². The Labute approximate surface area is 144 Å². The first kappa shape index (κ1) is 18.5. The van der Waals surface area contributed by atoms with Crippen molar-refractivity contribution in [2.24, 2.45) is 5.92 Å². The molecule has 2 rings (SSSR count). The maximum absolute atomic E-state index is 12.7. The number of rotatable bonds is 7. The van der Waals surface area contributed by atoms with Crippen molar-refractivity contribution in [3.63, 3.8) is 0 Å². The lowest BCUT2D eigenvalue weighted by Crippen LogP contribution is -2.49. The quantitative estimate of drug-likeness (QED) is 0.596. The summed E-state index contributed by atoms with van der Waals surface area (Å²) < 4.78 is 0. The molecule has 5 heteroatoms. The zero-order valence-corrected chi connectivity index (χ0v) is 14.4. The van der Waals surface area contributed by atoms with E-state index in [0.717, 1.165) is 38.5 Å². The molecular formula is C19H28N2O3. The van der Waals surface area contributed by atoms with Crippen molar-refractivity contribution in [2.75, 3.05) is 7.05 Å². The van der Waals surface area contributed by atoms with Crippen LogP contribution in [0, 0.1) is 5.92 Å². The van der Waals surface area contributed by atoms with Gasteiger partial charge < -0.3 is 4.90 Å². The summed E-state index contributed by atoms with van der Waals surface area (Å²) >= 11 is 0. The molecule has 1 saturated carbocycles. The van der Waals surface area contributed by atoms with E-state index in [4.69, 9.17) is 5.21 Å². The van der Waals surface area contributed by atoms with E-state index in [2.05, 4.69) is 12.1 Å². The Morgan fingerprint density at radius 2 is 1.88 bits per heavy atom. The van der Waals surface area contributed by atoms with Crippen LogP contribution in [-0.2, 0) is 16.0 Å². The van der Waals surface area contributed by atoms with E-state index >= 15 is 0 Å². The Hall–Kier alpha value is -1.88. The van der Waals surface area contributed by atoms with Gasteiger partial charge in [-0.1, -0.05) is 49.6 Å². The number of likely N-dealkylation sites (N-methyl/N-ethyl adjacent to an activating group) is 1. The highest BCUT2D eigenvalue weighted by Gasteiger charge is 2.31. The van der Waals surface area contributed by atoms with Crippen LogP contribution in [0.25, 0.3) is 0 Å². The van der Waals surface area contributed by atoms with Crippen LogP contribution in [0.2, 0.25) is 0 Å². The zero-order chi connectivity index (χ0) is 17.4. The van der Waals surface area contributed by atoms with Gasteiger partial charge in [-0.15, -0.1) is 0 Å². The van der Waals surface area contributed by atoms with E-state index in [-0.39, 0.29) is 11.8 Å². The molecule has 1 aromatic rings. The minimum Gasteiger partial charge on any atom is -0.333 e. The summed E-state index contributed by atoms with van der Waals surface area (Å²) in [4.78, 5) is 26.2. The summed E-state index contributed by atoms with van der Waals surface area (Å²) in [6.07, 6.45) is 7.32. The number of benzene rings is 1. The Kier molecular flexibility index (Phi) is 7.25. The van der Waals surface area contributed by atoms with Gasteiger partial charge in [-0.2, -0.15) is 0 Å². The number of carbonyl (C=O) groups is 2. The fourth-order valence-electron chi connectivity index (χ4n) is 3.51. The average molecular weight is 332 g/mol. The highest BCUT2D eigenvalue weighted by molar-refractivity contribution is 5.87. The van der Waals surface area contributed by atoms with Crippen LogP contribution in [0.15, 0.2) is 30.3 Å². The molecule has 0 aromatic heterocycles. The number of amides is 2. The van der Waals surface area contributed by atoms with Gasteiger partial charge in [0.25, 0.3) is 5.91 Å². The Bertz CT molecular complexity index is 527. The fraction of sp³-hybridized carbons (Fsp3) is 0.579. The second-order valence-corrected chi connectivity index (χ2v) is 6.65. The van der Waals surface area contributed by atoms with Crippen LogP contribution in [0.5, 0.6) is 0 Å². The molecule has 1 atom stereocenters. The molecule has 132 valence electrons. The second kappa shape index (κ2) is 9.42. The van der Waals surface area contributed by atoms with Gasteiger partial charge in [0.05, 0.1) is 0 Å². The smallest absolute Gasteiger partial charge is 0.266 e. The lowest BCUT2D eigenvalue weighted by molar-refractivity contribution is -0.146. The van der Waals surface area contributed by atoms with E-state index in [0.29, 0.717) is 6.42 Å². The third-order valence-electron chi connectivity index (χ3n) is 4.97. The lowest BCUT2D eigenvalue weighted by atomic mass is 9.88. The van der Waals surface area contributed by atoms with Crippen molar-refractivity contribution in [1.29, 1.82) is 0 Å². The van der Waals surface area contributed by atoms with E-state index < -0.39 is 11.9 Å². The predicted molar refractivity (Wildman–Crippen MR) is 92.4 cm³/mol. The van der Waals surface area contributed by atoms with Crippen LogP contribution in [0.4, 0.5) is 0 Å². The van der Waals surface area contributed by atoms with Crippen molar-refractivity contribution < 1.29 is 14.8 Å². The van der Waals surface area contributed by atoms with E-state index in [9.17, 15) is 9.59 Å². The molecule has 0 bridgehead atoms. The monoisotopic (exact) mass is 332 g/mol. The first-order chi connectivity index (χ1) is 11.6. The van der Waals surface area contributed by atoms with Crippen molar-refractivity contribution in [3.05, 3.63) is 35.9 Å². The van der Waals surface area contributed by atoms with Crippen LogP contribution in [-0.4, -0.2) is 35.0 Å². The third-order valence-corrected chi connectivity index (χ3v) is 4.97. The van der Waals surface area contributed by atoms with Gasteiger partial charge in [0, 0.05) is 13.0 Å². The topological polar surface area (TPSA) is 69.6 Å². The summed E-state index contributed by atoms with van der Waals surface area (Å²) in [5.41, 5.74) is 2.93. The van der Waals surface area contributed by atoms with Gasteiger partial charge in [-0.25, -0.2) is 5.48 Å². The molecule has 5 nitrogen and oxygen atoms in total. The Morgan fingerprint density at radius 3 is 2.50 bits per heavy atom. The SMILES string of the molecule is CN(C(=O)C1CCCCC1)C(CCCc1ccccc1)C(=O)NO. The van der Waals surface area contributed by atoms with Gasteiger partial charge in [-0.3, -0.25) is 14.8 Å². The van der Waals surface area contributed by atoms with E-state index in [1.54, 1.807) is 12.5 Å². The molecule has 1 aliphatic carbocycles. The lowest BCUT2D eigenvalue weighted by Gasteiger charge is -2.31. The Morgan fingerprint density at radius 1 is 1.21 bits per heavy atom.